The van der Waals surface area contributed by atoms with E-state index in [1.54, 1.807) is 6.20 Å². The van der Waals surface area contributed by atoms with Crippen LogP contribution in [0.4, 0.5) is 0 Å². The first-order valence-corrected chi connectivity index (χ1v) is 7.67. The number of pyridine rings is 1. The Morgan fingerprint density at radius 1 is 1.30 bits per heavy atom. The quantitative estimate of drug-likeness (QED) is 0.726. The van der Waals surface area contributed by atoms with Crippen molar-refractivity contribution in [3.8, 4) is 0 Å². The molecule has 1 fully saturated rings. The molecule has 23 heavy (non-hydrogen) atoms. The van der Waals surface area contributed by atoms with E-state index >= 15 is 0 Å². The first-order valence-electron chi connectivity index (χ1n) is 7.67. The fourth-order valence-electron chi connectivity index (χ4n) is 3.12. The number of imidazole rings is 1. The number of ether oxygens (including phenoxy) is 1. The van der Waals surface area contributed by atoms with Gasteiger partial charge in [-0.2, -0.15) is 0 Å². The molecule has 1 unspecified atom stereocenters. The summed E-state index contributed by atoms with van der Waals surface area (Å²) in [5.41, 5.74) is 2.52. The van der Waals surface area contributed by atoms with E-state index in [4.69, 9.17) is 4.74 Å². The maximum atomic E-state index is 13.0. The highest BCUT2D eigenvalue weighted by Crippen LogP contribution is 2.26. The summed E-state index contributed by atoms with van der Waals surface area (Å²) < 4.78 is 9.54. The molecule has 6 nitrogen and oxygen atoms in total. The number of hydrogen-bond acceptors (Lipinski definition) is 3. The van der Waals surface area contributed by atoms with Crippen LogP contribution < -0.4 is 0 Å². The Morgan fingerprint density at radius 3 is 3.04 bits per heavy atom. The van der Waals surface area contributed by atoms with Crippen LogP contribution >= 0.6 is 0 Å². The molecule has 118 valence electrons. The zero-order valence-electron chi connectivity index (χ0n) is 12.9. The Kier molecular flexibility index (Phi) is 3.38. The number of rotatable bonds is 2. The summed E-state index contributed by atoms with van der Waals surface area (Å²) in [5, 5.41) is 0. The number of fused-ring (bicyclic) bond motifs is 1. The van der Waals surface area contributed by atoms with Crippen molar-refractivity contribution in [2.75, 3.05) is 19.8 Å². The molecule has 0 bridgehead atoms. The molecule has 6 heteroatoms. The van der Waals surface area contributed by atoms with Gasteiger partial charge in [0, 0.05) is 49.6 Å². The predicted octanol–water partition coefficient (Wildman–Crippen LogP) is 1.89. The second-order valence-corrected chi connectivity index (χ2v) is 5.74. The van der Waals surface area contributed by atoms with Crippen molar-refractivity contribution in [2.45, 2.75) is 6.04 Å². The topological polar surface area (TPSA) is 51.8 Å². The molecule has 0 radical (unpaired) electrons. The van der Waals surface area contributed by atoms with Crippen molar-refractivity contribution >= 4 is 11.6 Å². The molecule has 4 heterocycles. The minimum atomic E-state index is -0.0628. The molecular formula is C17H18N4O2. The molecule has 0 aromatic carbocycles. The molecular weight excluding hydrogens is 292 g/mol. The number of nitrogens with zero attached hydrogens (tertiary/aromatic N) is 4. The summed E-state index contributed by atoms with van der Waals surface area (Å²) in [4.78, 5) is 19.2. The molecule has 3 aromatic rings. The van der Waals surface area contributed by atoms with E-state index in [1.165, 1.54) is 0 Å². The van der Waals surface area contributed by atoms with Gasteiger partial charge in [0.1, 0.15) is 5.65 Å². The van der Waals surface area contributed by atoms with Crippen LogP contribution in [0.2, 0.25) is 0 Å². The van der Waals surface area contributed by atoms with Crippen LogP contribution in [-0.2, 0) is 11.8 Å². The van der Waals surface area contributed by atoms with E-state index in [1.807, 2.05) is 63.8 Å². The number of carbonyl (C=O) groups excluding carboxylic acids is 1. The van der Waals surface area contributed by atoms with Gasteiger partial charge in [0.15, 0.2) is 0 Å². The van der Waals surface area contributed by atoms with Gasteiger partial charge in [0.05, 0.1) is 19.3 Å². The molecule has 4 rings (SSSR count). The third-order valence-corrected chi connectivity index (χ3v) is 4.36. The third kappa shape index (κ3) is 2.41. The molecule has 1 amide bonds. The van der Waals surface area contributed by atoms with Crippen LogP contribution in [-0.4, -0.2) is 44.5 Å². The standard InChI is InChI=1S/C17H18N4O2/c1-19-6-2-3-14(19)15-12-23-10-9-21(15)17(22)13-4-7-20-8-5-18-16(20)11-13/h2-8,11,15H,9-10,12H2,1H3. The first kappa shape index (κ1) is 14.0. The fraction of sp³-hybridized carbons (Fsp3) is 0.294. The maximum absolute atomic E-state index is 13.0. The van der Waals surface area contributed by atoms with Crippen LogP contribution in [0.25, 0.3) is 5.65 Å². The highest BCUT2D eigenvalue weighted by atomic mass is 16.5. The van der Waals surface area contributed by atoms with Crippen molar-refractivity contribution in [1.29, 1.82) is 0 Å². The Labute approximate surface area is 133 Å². The number of aromatic nitrogens is 3. The molecule has 3 aromatic heterocycles. The highest BCUT2D eigenvalue weighted by molar-refractivity contribution is 5.95. The van der Waals surface area contributed by atoms with Crippen molar-refractivity contribution < 1.29 is 9.53 Å². The molecule has 0 aliphatic carbocycles. The van der Waals surface area contributed by atoms with Crippen molar-refractivity contribution in [2.24, 2.45) is 7.05 Å². The van der Waals surface area contributed by atoms with Crippen LogP contribution in [0.1, 0.15) is 22.1 Å². The lowest BCUT2D eigenvalue weighted by Gasteiger charge is -2.36. The monoisotopic (exact) mass is 310 g/mol. The first-order chi connectivity index (χ1) is 11.2. The van der Waals surface area contributed by atoms with Crippen LogP contribution in [0.3, 0.4) is 0 Å². The fourth-order valence-corrected chi connectivity index (χ4v) is 3.12. The summed E-state index contributed by atoms with van der Waals surface area (Å²) in [6.45, 7) is 1.68. The van der Waals surface area contributed by atoms with Gasteiger partial charge in [-0.15, -0.1) is 0 Å². The van der Waals surface area contributed by atoms with Crippen LogP contribution in [0, 0.1) is 0 Å². The predicted molar refractivity (Wildman–Crippen MR) is 85.2 cm³/mol. The smallest absolute Gasteiger partial charge is 0.254 e. The van der Waals surface area contributed by atoms with E-state index < -0.39 is 0 Å². The van der Waals surface area contributed by atoms with Crippen LogP contribution in [0.5, 0.6) is 0 Å². The average molecular weight is 310 g/mol. The van der Waals surface area contributed by atoms with Gasteiger partial charge in [-0.3, -0.25) is 4.79 Å². The zero-order chi connectivity index (χ0) is 15.8. The Balaban J connectivity index is 1.68. The highest BCUT2D eigenvalue weighted by Gasteiger charge is 2.30. The lowest BCUT2D eigenvalue weighted by atomic mass is 10.1. The summed E-state index contributed by atoms with van der Waals surface area (Å²) in [7, 11) is 1.99. The van der Waals surface area contributed by atoms with E-state index in [9.17, 15) is 4.79 Å². The number of hydrogen-bond donors (Lipinski definition) is 0. The van der Waals surface area contributed by atoms with Gasteiger partial charge in [-0.1, -0.05) is 0 Å². The molecule has 0 N–H and O–H groups in total. The molecule has 1 atom stereocenters. The number of amides is 1. The Hall–Kier alpha value is -2.60. The maximum Gasteiger partial charge on any atom is 0.254 e. The van der Waals surface area contributed by atoms with Gasteiger partial charge in [-0.05, 0) is 24.3 Å². The minimum Gasteiger partial charge on any atom is -0.377 e. The molecule has 1 aliphatic heterocycles. The Morgan fingerprint density at radius 2 is 2.22 bits per heavy atom. The molecule has 1 aliphatic rings. The third-order valence-electron chi connectivity index (χ3n) is 4.36. The van der Waals surface area contributed by atoms with Crippen molar-refractivity contribution in [1.82, 2.24) is 18.9 Å². The summed E-state index contributed by atoms with van der Waals surface area (Å²) in [6, 6.07) is 7.64. The lowest BCUT2D eigenvalue weighted by Crippen LogP contribution is -2.44. The van der Waals surface area contributed by atoms with Gasteiger partial charge in [0.2, 0.25) is 0 Å². The van der Waals surface area contributed by atoms with E-state index in [0.717, 1.165) is 11.3 Å². The zero-order valence-corrected chi connectivity index (χ0v) is 12.9. The van der Waals surface area contributed by atoms with E-state index in [2.05, 4.69) is 4.98 Å². The van der Waals surface area contributed by atoms with Gasteiger partial charge in [0.25, 0.3) is 5.91 Å². The minimum absolute atomic E-state index is 0.0185. The average Bonchev–Trinajstić information content (AvgIpc) is 3.22. The SMILES string of the molecule is Cn1cccc1C1COCCN1C(=O)c1ccn2ccnc2c1. The molecule has 1 saturated heterocycles. The van der Waals surface area contributed by atoms with Crippen molar-refractivity contribution in [3.63, 3.8) is 0 Å². The van der Waals surface area contributed by atoms with Crippen LogP contribution in [0.15, 0.2) is 49.1 Å². The summed E-state index contributed by atoms with van der Waals surface area (Å²) in [6.07, 6.45) is 7.45. The number of morpholine rings is 1. The second-order valence-electron chi connectivity index (χ2n) is 5.74. The summed E-state index contributed by atoms with van der Waals surface area (Å²) in [5.74, 6) is 0.0185. The van der Waals surface area contributed by atoms with Crippen molar-refractivity contribution in [3.05, 3.63) is 60.3 Å². The van der Waals surface area contributed by atoms with E-state index in [0.29, 0.717) is 25.3 Å². The molecule has 0 saturated carbocycles. The Bertz CT molecular complexity index is 851. The molecule has 0 spiro atoms. The van der Waals surface area contributed by atoms with E-state index in [-0.39, 0.29) is 11.9 Å². The summed E-state index contributed by atoms with van der Waals surface area (Å²) >= 11 is 0. The van der Waals surface area contributed by atoms with Gasteiger partial charge < -0.3 is 18.6 Å². The number of carbonyl (C=O) groups is 1. The van der Waals surface area contributed by atoms with Gasteiger partial charge >= 0.3 is 0 Å². The van der Waals surface area contributed by atoms with Gasteiger partial charge in [-0.25, -0.2) is 4.98 Å². The lowest BCUT2D eigenvalue weighted by molar-refractivity contribution is -0.00463. The number of aryl methyl sites for hydroxylation is 1. The largest absolute Gasteiger partial charge is 0.377 e. The second kappa shape index (κ2) is 5.55. The normalized spacial score (nSPS) is 18.5.